The molecule has 6 nitrogen and oxygen atoms in total. The van der Waals surface area contributed by atoms with Crippen molar-refractivity contribution in [3.63, 3.8) is 0 Å². The third kappa shape index (κ3) is 4.91. The largest absolute Gasteiger partial charge is 0.465 e. The van der Waals surface area contributed by atoms with Gasteiger partial charge in [-0.1, -0.05) is 36.8 Å². The van der Waals surface area contributed by atoms with E-state index in [0.717, 1.165) is 28.9 Å². The van der Waals surface area contributed by atoms with Crippen LogP contribution < -0.4 is 4.90 Å². The van der Waals surface area contributed by atoms with Crippen molar-refractivity contribution in [2.24, 2.45) is 0 Å². The molecule has 2 aliphatic heterocycles. The van der Waals surface area contributed by atoms with Crippen LogP contribution >= 0.6 is 0 Å². The molecule has 2 amide bonds. The molecule has 0 bridgehead atoms. The van der Waals surface area contributed by atoms with E-state index in [1.54, 1.807) is 11.8 Å². The van der Waals surface area contributed by atoms with Crippen LogP contribution in [0.4, 0.5) is 10.5 Å². The van der Waals surface area contributed by atoms with Crippen LogP contribution in [0.5, 0.6) is 0 Å². The van der Waals surface area contributed by atoms with Crippen molar-refractivity contribution in [1.29, 1.82) is 0 Å². The predicted octanol–water partition coefficient (Wildman–Crippen LogP) is 5.53. The first-order chi connectivity index (χ1) is 15.9. The number of carboxylic acid groups (broad SMARTS) is 1. The minimum absolute atomic E-state index is 0.0182. The molecule has 0 saturated carbocycles. The average molecular weight is 450 g/mol. The zero-order chi connectivity index (χ0) is 23.5. The number of hydrogen-bond acceptors (Lipinski definition) is 3. The minimum Gasteiger partial charge on any atom is -0.465 e. The Morgan fingerprint density at radius 1 is 1.03 bits per heavy atom. The molecule has 1 saturated heterocycles. The van der Waals surface area contributed by atoms with E-state index in [2.05, 4.69) is 35.2 Å². The number of nitrogens with zero attached hydrogens (tertiary/aromatic N) is 3. The van der Waals surface area contributed by atoms with Gasteiger partial charge in [0.05, 0.1) is 6.04 Å². The number of carbonyl (C=O) groups is 2. The lowest BCUT2D eigenvalue weighted by Crippen LogP contribution is -2.46. The summed E-state index contributed by atoms with van der Waals surface area (Å²) in [7, 11) is 0. The maximum absolute atomic E-state index is 12.4. The molecule has 0 radical (unpaired) electrons. The minimum atomic E-state index is -0.926. The molecule has 2 aliphatic rings. The first kappa shape index (κ1) is 23.3. The summed E-state index contributed by atoms with van der Waals surface area (Å²) in [6, 6.07) is 14.5. The summed E-state index contributed by atoms with van der Waals surface area (Å²) < 4.78 is 0. The van der Waals surface area contributed by atoms with Crippen LogP contribution in [-0.2, 0) is 11.3 Å². The molecule has 6 heteroatoms. The van der Waals surface area contributed by atoms with Crippen molar-refractivity contribution in [3.05, 3.63) is 53.6 Å². The zero-order valence-corrected chi connectivity index (χ0v) is 20.0. The van der Waals surface area contributed by atoms with Gasteiger partial charge in [0.25, 0.3) is 0 Å². The van der Waals surface area contributed by atoms with Crippen LogP contribution in [0.1, 0.15) is 63.6 Å². The Kier molecular flexibility index (Phi) is 7.03. The van der Waals surface area contributed by atoms with E-state index < -0.39 is 6.09 Å². The molecule has 0 aliphatic carbocycles. The van der Waals surface area contributed by atoms with Crippen LogP contribution in [0, 0.1) is 0 Å². The van der Waals surface area contributed by atoms with Crippen molar-refractivity contribution in [2.45, 2.75) is 65.1 Å². The number of anilines is 1. The summed E-state index contributed by atoms with van der Waals surface area (Å²) in [6.45, 7) is 9.17. The molecular formula is C27H35N3O3. The lowest BCUT2D eigenvalue weighted by atomic mass is 9.88. The fourth-order valence-electron chi connectivity index (χ4n) is 5.46. The van der Waals surface area contributed by atoms with E-state index in [1.165, 1.54) is 42.8 Å². The molecule has 2 atom stereocenters. The van der Waals surface area contributed by atoms with Crippen LogP contribution in [0.25, 0.3) is 11.1 Å². The lowest BCUT2D eigenvalue weighted by molar-refractivity contribution is -0.117. The Hall–Kier alpha value is -2.86. The van der Waals surface area contributed by atoms with Gasteiger partial charge in [-0.2, -0.15) is 0 Å². The van der Waals surface area contributed by atoms with Crippen molar-refractivity contribution >= 4 is 17.7 Å². The molecule has 176 valence electrons. The monoisotopic (exact) mass is 449 g/mol. The quantitative estimate of drug-likeness (QED) is 0.652. The number of amides is 2. The van der Waals surface area contributed by atoms with E-state index in [9.17, 15) is 14.7 Å². The van der Waals surface area contributed by atoms with Crippen LogP contribution in [0.3, 0.4) is 0 Å². The summed E-state index contributed by atoms with van der Waals surface area (Å²) in [5, 5.41) is 9.81. The standard InChI is InChI=1S/C27H35N3O3/c1-4-29(27(32)33)26-16-19(2)30(20(3)31)25-13-12-23(17-24(25)26)22-10-8-21(9-11-22)18-28-14-6-5-7-15-28/h8-13,17,19,26H,4-7,14-16,18H2,1-3H3,(H,32,33)/t19-,26+/m1/s1. The Morgan fingerprint density at radius 3 is 2.30 bits per heavy atom. The van der Waals surface area contributed by atoms with Gasteiger partial charge in [0.1, 0.15) is 0 Å². The molecule has 0 aromatic heterocycles. The van der Waals surface area contributed by atoms with Crippen LogP contribution in [0.2, 0.25) is 0 Å². The normalized spacial score (nSPS) is 20.9. The van der Waals surface area contributed by atoms with E-state index in [0.29, 0.717) is 13.0 Å². The van der Waals surface area contributed by atoms with Crippen molar-refractivity contribution in [1.82, 2.24) is 9.80 Å². The Bertz CT molecular complexity index is 998. The Balaban J connectivity index is 1.65. The fourth-order valence-corrected chi connectivity index (χ4v) is 5.46. The maximum Gasteiger partial charge on any atom is 0.407 e. The molecule has 1 fully saturated rings. The molecule has 2 aromatic rings. The SMILES string of the molecule is CCN(C(=O)O)[C@H]1C[C@@H](C)N(C(C)=O)c2ccc(-c3ccc(CN4CCCCC4)cc3)cc21. The average Bonchev–Trinajstić information content (AvgIpc) is 2.80. The number of benzene rings is 2. The van der Waals surface area contributed by atoms with Gasteiger partial charge < -0.3 is 14.9 Å². The second-order valence-corrected chi connectivity index (χ2v) is 9.37. The smallest absolute Gasteiger partial charge is 0.407 e. The topological polar surface area (TPSA) is 64.1 Å². The first-order valence-corrected chi connectivity index (χ1v) is 12.1. The second-order valence-electron chi connectivity index (χ2n) is 9.37. The van der Waals surface area contributed by atoms with Crippen LogP contribution in [0.15, 0.2) is 42.5 Å². The lowest BCUT2D eigenvalue weighted by Gasteiger charge is -2.42. The van der Waals surface area contributed by atoms with Crippen molar-refractivity contribution in [2.75, 3.05) is 24.5 Å². The van der Waals surface area contributed by atoms with Gasteiger partial charge in [-0.15, -0.1) is 0 Å². The fraction of sp³-hybridized carbons (Fsp3) is 0.481. The Morgan fingerprint density at radius 2 is 1.70 bits per heavy atom. The van der Waals surface area contributed by atoms with Crippen molar-refractivity contribution < 1.29 is 14.7 Å². The van der Waals surface area contributed by atoms with Gasteiger partial charge in [0, 0.05) is 31.7 Å². The number of piperidine rings is 1. The molecule has 4 rings (SSSR count). The number of hydrogen-bond donors (Lipinski definition) is 1. The first-order valence-electron chi connectivity index (χ1n) is 12.1. The number of likely N-dealkylation sites (tertiary alicyclic amines) is 1. The van der Waals surface area contributed by atoms with Gasteiger partial charge in [0.15, 0.2) is 0 Å². The van der Waals surface area contributed by atoms with Crippen LogP contribution in [-0.4, -0.2) is 52.6 Å². The Labute approximate surface area is 196 Å². The summed E-state index contributed by atoms with van der Waals surface area (Å²) in [4.78, 5) is 30.2. The third-order valence-electron chi connectivity index (χ3n) is 7.10. The highest BCUT2D eigenvalue weighted by atomic mass is 16.4. The predicted molar refractivity (Wildman–Crippen MR) is 131 cm³/mol. The van der Waals surface area contributed by atoms with Gasteiger partial charge in [0.2, 0.25) is 5.91 Å². The number of fused-ring (bicyclic) bond motifs is 1. The number of carbonyl (C=O) groups excluding carboxylic acids is 1. The second kappa shape index (κ2) is 9.96. The van der Waals surface area contributed by atoms with Gasteiger partial charge >= 0.3 is 6.09 Å². The third-order valence-corrected chi connectivity index (χ3v) is 7.10. The van der Waals surface area contributed by atoms with E-state index >= 15 is 0 Å². The molecule has 0 spiro atoms. The van der Waals surface area contributed by atoms with Gasteiger partial charge in [-0.25, -0.2) is 4.79 Å². The molecule has 2 aromatic carbocycles. The van der Waals surface area contributed by atoms with Gasteiger partial charge in [-0.3, -0.25) is 9.69 Å². The molecule has 2 heterocycles. The molecular weight excluding hydrogens is 414 g/mol. The zero-order valence-electron chi connectivity index (χ0n) is 20.0. The number of rotatable bonds is 5. The highest BCUT2D eigenvalue weighted by Crippen LogP contribution is 2.42. The highest BCUT2D eigenvalue weighted by Gasteiger charge is 2.36. The van der Waals surface area contributed by atoms with E-state index in [1.807, 2.05) is 26.0 Å². The van der Waals surface area contributed by atoms with E-state index in [-0.39, 0.29) is 18.0 Å². The van der Waals surface area contributed by atoms with Crippen molar-refractivity contribution in [3.8, 4) is 11.1 Å². The summed E-state index contributed by atoms with van der Waals surface area (Å²) in [5.41, 5.74) is 5.18. The summed E-state index contributed by atoms with van der Waals surface area (Å²) in [5.74, 6) is -0.0182. The molecule has 0 unspecified atom stereocenters. The summed E-state index contributed by atoms with van der Waals surface area (Å²) >= 11 is 0. The summed E-state index contributed by atoms with van der Waals surface area (Å²) in [6.07, 6.45) is 3.58. The molecule has 1 N–H and O–H groups in total. The highest BCUT2D eigenvalue weighted by molar-refractivity contribution is 5.94. The maximum atomic E-state index is 12.4. The molecule has 33 heavy (non-hydrogen) atoms. The van der Waals surface area contributed by atoms with Gasteiger partial charge in [-0.05, 0) is 80.6 Å². The van der Waals surface area contributed by atoms with E-state index in [4.69, 9.17) is 0 Å².